The van der Waals surface area contributed by atoms with Crippen LogP contribution in [0.4, 0.5) is 0 Å². The molecule has 0 spiro atoms. The third kappa shape index (κ3) is 2.18. The van der Waals surface area contributed by atoms with Crippen LogP contribution in [0.3, 0.4) is 0 Å². The van der Waals surface area contributed by atoms with Gasteiger partial charge in [0.05, 0.1) is 22.1 Å². The zero-order valence-corrected chi connectivity index (χ0v) is 12.4. The van der Waals surface area contributed by atoms with E-state index in [1.165, 1.54) is 3.97 Å². The Hall–Kier alpha value is -2.32. The summed E-state index contributed by atoms with van der Waals surface area (Å²) < 4.78 is 27.0. The van der Waals surface area contributed by atoms with Gasteiger partial charge in [-0.1, -0.05) is 12.2 Å². The van der Waals surface area contributed by atoms with Gasteiger partial charge in [0.2, 0.25) is 0 Å². The molecule has 5 heteroatoms. The number of nitriles is 1. The first-order chi connectivity index (χ1) is 10.0. The van der Waals surface area contributed by atoms with Gasteiger partial charge in [0, 0.05) is 11.1 Å². The summed E-state index contributed by atoms with van der Waals surface area (Å²) in [6.45, 7) is 1.77. The van der Waals surface area contributed by atoms with Gasteiger partial charge < -0.3 is 0 Å². The molecule has 0 radical (unpaired) electrons. The minimum Gasteiger partial charge on any atom is -0.239 e. The summed E-state index contributed by atoms with van der Waals surface area (Å²) in [7, 11) is -3.55. The highest BCUT2D eigenvalue weighted by atomic mass is 32.2. The lowest BCUT2D eigenvalue weighted by Crippen LogP contribution is -2.16. The fourth-order valence-electron chi connectivity index (χ4n) is 2.63. The molecule has 2 aromatic rings. The van der Waals surface area contributed by atoms with E-state index in [1.54, 1.807) is 43.3 Å². The van der Waals surface area contributed by atoms with Crippen molar-refractivity contribution in [3.63, 3.8) is 0 Å². The molecule has 1 aromatic carbocycles. The quantitative estimate of drug-likeness (QED) is 0.855. The van der Waals surface area contributed by atoms with E-state index < -0.39 is 10.0 Å². The Bertz CT molecular complexity index is 925. The molecule has 1 aliphatic carbocycles. The van der Waals surface area contributed by atoms with Crippen LogP contribution in [0.25, 0.3) is 10.9 Å². The Balaban J connectivity index is 2.25. The zero-order valence-electron chi connectivity index (χ0n) is 11.6. The normalized spacial score (nSPS) is 15.0. The largest absolute Gasteiger partial charge is 0.264 e. The van der Waals surface area contributed by atoms with Crippen molar-refractivity contribution in [1.82, 2.24) is 3.97 Å². The predicted molar refractivity (Wildman–Crippen MR) is 82.2 cm³/mol. The second-order valence-corrected chi connectivity index (χ2v) is 6.88. The van der Waals surface area contributed by atoms with E-state index in [4.69, 9.17) is 5.26 Å². The molecule has 0 amide bonds. The fourth-order valence-corrected chi connectivity index (χ4v) is 4.35. The van der Waals surface area contributed by atoms with Crippen molar-refractivity contribution < 1.29 is 8.42 Å². The molecular formula is C16H14N2O2S. The molecule has 1 aromatic heterocycles. The molecule has 0 N–H and O–H groups in total. The smallest absolute Gasteiger partial charge is 0.239 e. The van der Waals surface area contributed by atoms with Crippen molar-refractivity contribution in [3.8, 4) is 6.07 Å². The van der Waals surface area contributed by atoms with E-state index in [-0.39, 0.29) is 0 Å². The van der Waals surface area contributed by atoms with Gasteiger partial charge in [0.15, 0.2) is 0 Å². The first-order valence-electron chi connectivity index (χ1n) is 6.67. The molecule has 21 heavy (non-hydrogen) atoms. The molecule has 4 nitrogen and oxygen atoms in total. The van der Waals surface area contributed by atoms with Crippen LogP contribution in [0, 0.1) is 18.3 Å². The lowest BCUT2D eigenvalue weighted by Gasteiger charge is -2.14. The van der Waals surface area contributed by atoms with E-state index in [9.17, 15) is 8.42 Å². The maximum absolute atomic E-state index is 12.8. The minimum atomic E-state index is -3.55. The number of rotatable bonds is 2. The molecule has 1 aliphatic rings. The van der Waals surface area contributed by atoms with Gasteiger partial charge in [-0.3, -0.25) is 0 Å². The maximum Gasteiger partial charge on any atom is 0.264 e. The highest BCUT2D eigenvalue weighted by Crippen LogP contribution is 2.28. The number of fused-ring (bicyclic) bond motifs is 1. The number of benzene rings is 1. The number of nitrogens with zero attached hydrogens (tertiary/aromatic N) is 2. The van der Waals surface area contributed by atoms with E-state index in [1.807, 2.05) is 6.08 Å². The summed E-state index contributed by atoms with van der Waals surface area (Å²) in [5.74, 6) is 0. The Labute approximate surface area is 123 Å². The number of aryl methyl sites for hydroxylation is 1. The third-order valence-corrected chi connectivity index (χ3v) is 5.58. The van der Waals surface area contributed by atoms with Gasteiger partial charge in [0.1, 0.15) is 0 Å². The molecular weight excluding hydrogens is 284 g/mol. The highest BCUT2D eigenvalue weighted by molar-refractivity contribution is 7.94. The molecule has 106 valence electrons. The van der Waals surface area contributed by atoms with E-state index in [0.29, 0.717) is 28.1 Å². The van der Waals surface area contributed by atoms with Crippen molar-refractivity contribution in [3.05, 3.63) is 58.7 Å². The van der Waals surface area contributed by atoms with Crippen LogP contribution in [-0.2, 0) is 10.0 Å². The maximum atomic E-state index is 12.8. The fraction of sp³-hybridized carbons (Fsp3) is 0.188. The van der Waals surface area contributed by atoms with Crippen LogP contribution in [0.15, 0.2) is 47.4 Å². The van der Waals surface area contributed by atoms with Crippen LogP contribution < -0.4 is 0 Å². The Morgan fingerprint density at radius 3 is 2.76 bits per heavy atom. The van der Waals surface area contributed by atoms with Crippen LogP contribution in [0.5, 0.6) is 0 Å². The molecule has 1 heterocycles. The van der Waals surface area contributed by atoms with Gasteiger partial charge in [0.25, 0.3) is 10.0 Å². The van der Waals surface area contributed by atoms with Crippen LogP contribution in [0.1, 0.15) is 24.1 Å². The second kappa shape index (κ2) is 4.90. The summed E-state index contributed by atoms with van der Waals surface area (Å²) in [6.07, 6.45) is 6.66. The lowest BCUT2D eigenvalue weighted by atomic mass is 10.2. The summed E-state index contributed by atoms with van der Waals surface area (Å²) in [4.78, 5) is 0.426. The molecule has 0 saturated carbocycles. The van der Waals surface area contributed by atoms with Crippen molar-refractivity contribution in [2.75, 3.05) is 0 Å². The van der Waals surface area contributed by atoms with Gasteiger partial charge in [-0.15, -0.1) is 0 Å². The van der Waals surface area contributed by atoms with Crippen molar-refractivity contribution in [2.45, 2.75) is 19.8 Å². The first kappa shape index (κ1) is 13.7. The van der Waals surface area contributed by atoms with E-state index in [2.05, 4.69) is 6.07 Å². The number of aromatic nitrogens is 1. The SMILES string of the molecule is Cc1cc2cc(C#N)ccc2n1S(=O)(=O)C1=CC=CCC1. The van der Waals surface area contributed by atoms with Crippen molar-refractivity contribution in [1.29, 1.82) is 5.26 Å². The van der Waals surface area contributed by atoms with Crippen LogP contribution in [0.2, 0.25) is 0 Å². The monoisotopic (exact) mass is 298 g/mol. The molecule has 0 fully saturated rings. The van der Waals surface area contributed by atoms with Gasteiger partial charge in [-0.25, -0.2) is 12.4 Å². The number of hydrogen-bond donors (Lipinski definition) is 0. The minimum absolute atomic E-state index is 0.426. The number of hydrogen-bond acceptors (Lipinski definition) is 3. The van der Waals surface area contributed by atoms with E-state index >= 15 is 0 Å². The highest BCUT2D eigenvalue weighted by Gasteiger charge is 2.23. The molecule has 0 aliphatic heterocycles. The first-order valence-corrected chi connectivity index (χ1v) is 8.11. The Kier molecular flexibility index (Phi) is 3.19. The number of allylic oxidation sites excluding steroid dienone is 4. The van der Waals surface area contributed by atoms with Crippen LogP contribution >= 0.6 is 0 Å². The molecule has 0 saturated heterocycles. The summed E-state index contributed by atoms with van der Waals surface area (Å²) in [5, 5.41) is 9.71. The van der Waals surface area contributed by atoms with Crippen molar-refractivity contribution >= 4 is 20.9 Å². The standard InChI is InChI=1S/C16H14N2O2S/c1-12-9-14-10-13(11-17)7-8-16(14)18(12)21(19,20)15-5-3-2-4-6-15/h2-3,5,7-10H,4,6H2,1H3. The Morgan fingerprint density at radius 1 is 1.29 bits per heavy atom. The summed E-state index contributed by atoms with van der Waals surface area (Å²) in [6, 6.07) is 8.92. The van der Waals surface area contributed by atoms with Crippen molar-refractivity contribution in [2.24, 2.45) is 0 Å². The second-order valence-electron chi connectivity index (χ2n) is 5.04. The molecule has 0 unspecified atom stereocenters. The topological polar surface area (TPSA) is 62.9 Å². The third-order valence-electron chi connectivity index (χ3n) is 3.61. The van der Waals surface area contributed by atoms with Crippen LogP contribution in [-0.4, -0.2) is 12.4 Å². The zero-order chi connectivity index (χ0) is 15.0. The van der Waals surface area contributed by atoms with E-state index in [0.717, 1.165) is 11.8 Å². The summed E-state index contributed by atoms with van der Waals surface area (Å²) in [5.41, 5.74) is 1.79. The predicted octanol–water partition coefficient (Wildman–Crippen LogP) is 3.23. The Morgan fingerprint density at radius 2 is 2.10 bits per heavy atom. The average Bonchev–Trinajstić information content (AvgIpc) is 2.83. The molecule has 3 rings (SSSR count). The van der Waals surface area contributed by atoms with Gasteiger partial charge in [-0.05, 0) is 50.1 Å². The van der Waals surface area contributed by atoms with Gasteiger partial charge >= 0.3 is 0 Å². The molecule has 0 atom stereocenters. The lowest BCUT2D eigenvalue weighted by molar-refractivity contribution is 0.592. The summed E-state index contributed by atoms with van der Waals surface area (Å²) >= 11 is 0. The molecule has 0 bridgehead atoms. The average molecular weight is 298 g/mol. The van der Waals surface area contributed by atoms with Gasteiger partial charge in [-0.2, -0.15) is 5.26 Å².